The van der Waals surface area contributed by atoms with Gasteiger partial charge in [-0.05, 0) is 65.6 Å². The number of halogens is 1. The highest BCUT2D eigenvalue weighted by Crippen LogP contribution is 2.36. The van der Waals surface area contributed by atoms with Crippen LogP contribution < -0.4 is 15.4 Å². The largest absolute Gasteiger partial charge is 0.493 e. The lowest BCUT2D eigenvalue weighted by Crippen LogP contribution is -2.46. The third kappa shape index (κ3) is 2.90. The molecule has 4 nitrogen and oxygen atoms in total. The molecule has 3 rings (SSSR count). The second-order valence-electron chi connectivity index (χ2n) is 5.32. The molecule has 0 saturated heterocycles. The van der Waals surface area contributed by atoms with Gasteiger partial charge in [0.25, 0.3) is 0 Å². The second-order valence-corrected chi connectivity index (χ2v) is 6.59. The maximum Gasteiger partial charge on any atom is 0.171 e. The summed E-state index contributed by atoms with van der Waals surface area (Å²) in [6.07, 6.45) is 2.36. The molecule has 116 valence electrons. The average Bonchev–Trinajstić information content (AvgIpc) is 2.48. The van der Waals surface area contributed by atoms with Crippen LogP contribution >= 0.6 is 28.1 Å². The molecule has 1 heterocycles. The summed E-state index contributed by atoms with van der Waals surface area (Å²) in [7, 11) is 0. The summed E-state index contributed by atoms with van der Waals surface area (Å²) < 4.78 is 6.42. The Kier molecular flexibility index (Phi) is 4.49. The van der Waals surface area contributed by atoms with Crippen LogP contribution in [0.1, 0.15) is 37.8 Å². The molecule has 0 bridgehead atoms. The van der Waals surface area contributed by atoms with Crippen molar-refractivity contribution in [2.45, 2.75) is 32.2 Å². The van der Waals surface area contributed by atoms with E-state index in [1.165, 1.54) is 0 Å². The lowest BCUT2D eigenvalue weighted by molar-refractivity contribution is -0.116. The molecule has 0 saturated carbocycles. The summed E-state index contributed by atoms with van der Waals surface area (Å²) in [4.78, 5) is 12.4. The van der Waals surface area contributed by atoms with E-state index in [1.807, 2.05) is 25.1 Å². The molecular formula is C16H17BrN2O2S. The van der Waals surface area contributed by atoms with Crippen molar-refractivity contribution in [1.82, 2.24) is 10.6 Å². The Morgan fingerprint density at radius 2 is 2.23 bits per heavy atom. The molecule has 0 spiro atoms. The number of nitrogens with one attached hydrogen (secondary N) is 2. The number of thiocarbonyl (C=S) groups is 1. The van der Waals surface area contributed by atoms with Crippen LogP contribution in [0.15, 0.2) is 33.9 Å². The van der Waals surface area contributed by atoms with Crippen molar-refractivity contribution in [3.8, 4) is 5.75 Å². The molecule has 22 heavy (non-hydrogen) atoms. The predicted octanol–water partition coefficient (Wildman–Crippen LogP) is 3.37. The number of hydrogen-bond acceptors (Lipinski definition) is 3. The second kappa shape index (κ2) is 6.38. The van der Waals surface area contributed by atoms with Crippen molar-refractivity contribution in [1.29, 1.82) is 0 Å². The number of Topliss-reactive ketones (excluding diaryl/α,β-unsaturated/α-hetero) is 1. The van der Waals surface area contributed by atoms with Gasteiger partial charge in [0.1, 0.15) is 5.75 Å². The van der Waals surface area contributed by atoms with Crippen molar-refractivity contribution in [2.24, 2.45) is 0 Å². The zero-order chi connectivity index (χ0) is 15.7. The van der Waals surface area contributed by atoms with Gasteiger partial charge >= 0.3 is 0 Å². The standard InChI is InChI=1S/C16H17BrN2O2S/c1-2-21-13-7-6-9(8-10(13)17)15-14-11(18-16(22)19-15)4-3-5-12(14)20/h6-8,15H,2-5H2,1H3,(H2,18,19,22). The Labute approximate surface area is 143 Å². The Hall–Kier alpha value is -1.40. The Morgan fingerprint density at radius 3 is 2.95 bits per heavy atom. The first-order valence-electron chi connectivity index (χ1n) is 7.36. The molecule has 0 amide bonds. The van der Waals surface area contributed by atoms with Gasteiger partial charge in [-0.3, -0.25) is 4.79 Å². The minimum Gasteiger partial charge on any atom is -0.493 e. The van der Waals surface area contributed by atoms with Crippen LogP contribution in [0.3, 0.4) is 0 Å². The van der Waals surface area contributed by atoms with E-state index in [4.69, 9.17) is 17.0 Å². The van der Waals surface area contributed by atoms with Crippen molar-refractivity contribution in [2.75, 3.05) is 6.61 Å². The van der Waals surface area contributed by atoms with E-state index in [1.54, 1.807) is 0 Å². The lowest BCUT2D eigenvalue weighted by Gasteiger charge is -2.34. The molecule has 1 aliphatic carbocycles. The van der Waals surface area contributed by atoms with Gasteiger partial charge in [-0.15, -0.1) is 0 Å². The SMILES string of the molecule is CCOc1ccc(C2NC(=S)NC3=C2C(=O)CCC3)cc1Br. The molecule has 2 aliphatic rings. The van der Waals surface area contributed by atoms with E-state index in [-0.39, 0.29) is 11.8 Å². The van der Waals surface area contributed by atoms with Gasteiger partial charge < -0.3 is 15.4 Å². The number of carbonyl (C=O) groups excluding carboxylic acids is 1. The van der Waals surface area contributed by atoms with Crippen LogP contribution in [0, 0.1) is 0 Å². The van der Waals surface area contributed by atoms with Gasteiger partial charge in [0.05, 0.1) is 17.1 Å². The van der Waals surface area contributed by atoms with Crippen LogP contribution in [0.25, 0.3) is 0 Å². The molecule has 1 aromatic rings. The number of carbonyl (C=O) groups is 1. The molecule has 1 unspecified atom stereocenters. The van der Waals surface area contributed by atoms with E-state index in [2.05, 4.69) is 26.6 Å². The fraction of sp³-hybridized carbons (Fsp3) is 0.375. The monoisotopic (exact) mass is 380 g/mol. The summed E-state index contributed by atoms with van der Waals surface area (Å²) in [5.41, 5.74) is 2.79. The summed E-state index contributed by atoms with van der Waals surface area (Å²) >= 11 is 8.82. The quantitative estimate of drug-likeness (QED) is 0.787. The van der Waals surface area contributed by atoms with E-state index in [9.17, 15) is 4.79 Å². The Morgan fingerprint density at radius 1 is 1.41 bits per heavy atom. The zero-order valence-corrected chi connectivity index (χ0v) is 14.6. The number of rotatable bonds is 3. The highest BCUT2D eigenvalue weighted by molar-refractivity contribution is 9.10. The topological polar surface area (TPSA) is 50.4 Å². The van der Waals surface area contributed by atoms with Crippen LogP contribution in [-0.4, -0.2) is 17.5 Å². The van der Waals surface area contributed by atoms with Crippen molar-refractivity contribution < 1.29 is 9.53 Å². The smallest absolute Gasteiger partial charge is 0.171 e. The van der Waals surface area contributed by atoms with Gasteiger partial charge in [0.15, 0.2) is 10.9 Å². The van der Waals surface area contributed by atoms with Crippen LogP contribution in [-0.2, 0) is 4.79 Å². The summed E-state index contributed by atoms with van der Waals surface area (Å²) in [5, 5.41) is 6.93. The number of benzene rings is 1. The maximum atomic E-state index is 12.4. The summed E-state index contributed by atoms with van der Waals surface area (Å²) in [5.74, 6) is 0.991. The fourth-order valence-electron chi connectivity index (χ4n) is 2.92. The molecule has 1 atom stereocenters. The highest BCUT2D eigenvalue weighted by atomic mass is 79.9. The Balaban J connectivity index is 2.00. The van der Waals surface area contributed by atoms with Gasteiger partial charge in [-0.1, -0.05) is 6.07 Å². The van der Waals surface area contributed by atoms with Crippen LogP contribution in [0.2, 0.25) is 0 Å². The number of ether oxygens (including phenoxy) is 1. The van der Waals surface area contributed by atoms with Crippen LogP contribution in [0.4, 0.5) is 0 Å². The highest BCUT2D eigenvalue weighted by Gasteiger charge is 2.33. The molecule has 1 aliphatic heterocycles. The van der Waals surface area contributed by atoms with Crippen molar-refractivity contribution >= 4 is 39.0 Å². The normalized spacial score (nSPS) is 21.1. The number of allylic oxidation sites excluding steroid dienone is 1. The third-order valence-electron chi connectivity index (χ3n) is 3.87. The molecule has 1 aromatic carbocycles. The first-order chi connectivity index (χ1) is 10.6. The van der Waals surface area contributed by atoms with Crippen LogP contribution in [0.5, 0.6) is 5.75 Å². The van der Waals surface area contributed by atoms with E-state index in [0.717, 1.165) is 39.9 Å². The number of hydrogen-bond donors (Lipinski definition) is 2. The summed E-state index contributed by atoms with van der Waals surface area (Å²) in [6, 6.07) is 5.70. The third-order valence-corrected chi connectivity index (χ3v) is 4.71. The van der Waals surface area contributed by atoms with E-state index >= 15 is 0 Å². The minimum atomic E-state index is -0.191. The molecule has 2 N–H and O–H groups in total. The van der Waals surface area contributed by atoms with Gasteiger partial charge in [0, 0.05) is 17.7 Å². The Bertz CT molecular complexity index is 672. The molecule has 0 fully saturated rings. The molecular weight excluding hydrogens is 364 g/mol. The van der Waals surface area contributed by atoms with Gasteiger partial charge in [0.2, 0.25) is 0 Å². The fourth-order valence-corrected chi connectivity index (χ4v) is 3.68. The maximum absolute atomic E-state index is 12.4. The van der Waals surface area contributed by atoms with E-state index in [0.29, 0.717) is 18.1 Å². The zero-order valence-electron chi connectivity index (χ0n) is 12.2. The molecule has 0 aromatic heterocycles. The lowest BCUT2D eigenvalue weighted by atomic mass is 9.85. The number of ketones is 1. The molecule has 6 heteroatoms. The average molecular weight is 381 g/mol. The van der Waals surface area contributed by atoms with Gasteiger partial charge in [-0.25, -0.2) is 0 Å². The first-order valence-corrected chi connectivity index (χ1v) is 8.56. The summed E-state index contributed by atoms with van der Waals surface area (Å²) in [6.45, 7) is 2.56. The minimum absolute atomic E-state index is 0.191. The first kappa shape index (κ1) is 15.5. The predicted molar refractivity (Wildman–Crippen MR) is 92.8 cm³/mol. The van der Waals surface area contributed by atoms with Crippen molar-refractivity contribution in [3.05, 3.63) is 39.5 Å². The van der Waals surface area contributed by atoms with E-state index < -0.39 is 0 Å². The van der Waals surface area contributed by atoms with Crippen molar-refractivity contribution in [3.63, 3.8) is 0 Å². The van der Waals surface area contributed by atoms with Gasteiger partial charge in [-0.2, -0.15) is 0 Å². The molecule has 0 radical (unpaired) electrons.